The number of ether oxygens (including phenoxy) is 1. The monoisotopic (exact) mass is 363 g/mol. The molecule has 0 atom stereocenters. The van der Waals surface area contributed by atoms with E-state index in [0.29, 0.717) is 11.4 Å². The second-order valence-electron chi connectivity index (χ2n) is 5.69. The summed E-state index contributed by atoms with van der Waals surface area (Å²) in [5.74, 6) is -1.01. The second kappa shape index (κ2) is 8.09. The molecule has 7 heteroatoms. The number of aromatic nitrogens is 2. The quantitative estimate of drug-likeness (QED) is 0.703. The third-order valence-electron chi connectivity index (χ3n) is 3.87. The first-order valence-corrected chi connectivity index (χ1v) is 8.17. The predicted octanol–water partition coefficient (Wildman–Crippen LogP) is 2.34. The van der Waals surface area contributed by atoms with Crippen LogP contribution >= 0.6 is 0 Å². The standard InChI is InChI=1S/C20H17N3O4/c1-27-20(26)15-9-5-6-10-16(15)22-18(24)12-23-13-21-17(11-19(23)25)14-7-3-2-4-8-14/h2-11,13H,12H2,1H3,(H,22,24). The van der Waals surface area contributed by atoms with Gasteiger partial charge in [0.15, 0.2) is 0 Å². The van der Waals surface area contributed by atoms with E-state index in [1.165, 1.54) is 24.1 Å². The zero-order valence-electron chi connectivity index (χ0n) is 14.6. The first-order chi connectivity index (χ1) is 13.1. The Labute approximate surface area is 155 Å². The lowest BCUT2D eigenvalue weighted by atomic mass is 10.1. The van der Waals surface area contributed by atoms with Crippen LogP contribution in [-0.2, 0) is 16.1 Å². The van der Waals surface area contributed by atoms with Gasteiger partial charge in [-0.25, -0.2) is 9.78 Å². The van der Waals surface area contributed by atoms with Crippen molar-refractivity contribution < 1.29 is 14.3 Å². The Hall–Kier alpha value is -3.74. The number of esters is 1. The molecule has 1 amide bonds. The summed E-state index contributed by atoms with van der Waals surface area (Å²) in [6, 6.07) is 17.2. The molecule has 1 heterocycles. The number of hydrogen-bond donors (Lipinski definition) is 1. The Morgan fingerprint density at radius 3 is 2.48 bits per heavy atom. The maximum absolute atomic E-state index is 12.3. The third kappa shape index (κ3) is 4.27. The van der Waals surface area contributed by atoms with Crippen LogP contribution < -0.4 is 10.9 Å². The molecule has 0 aliphatic carbocycles. The van der Waals surface area contributed by atoms with E-state index in [-0.39, 0.29) is 17.7 Å². The molecule has 136 valence electrons. The first-order valence-electron chi connectivity index (χ1n) is 8.17. The summed E-state index contributed by atoms with van der Waals surface area (Å²) in [7, 11) is 1.26. The average molecular weight is 363 g/mol. The molecule has 0 saturated heterocycles. The number of carbonyl (C=O) groups is 2. The van der Waals surface area contributed by atoms with Crippen LogP contribution in [0, 0.1) is 0 Å². The van der Waals surface area contributed by atoms with Crippen LogP contribution in [0.15, 0.2) is 71.8 Å². The molecule has 2 aromatic carbocycles. The van der Waals surface area contributed by atoms with Crippen molar-refractivity contribution in [3.05, 3.63) is 82.9 Å². The van der Waals surface area contributed by atoms with E-state index in [1.54, 1.807) is 24.3 Å². The van der Waals surface area contributed by atoms with E-state index in [9.17, 15) is 14.4 Å². The van der Waals surface area contributed by atoms with Gasteiger partial charge in [-0.1, -0.05) is 42.5 Å². The smallest absolute Gasteiger partial charge is 0.339 e. The maximum atomic E-state index is 12.3. The average Bonchev–Trinajstić information content (AvgIpc) is 2.70. The topological polar surface area (TPSA) is 90.3 Å². The molecule has 3 aromatic rings. The van der Waals surface area contributed by atoms with Crippen LogP contribution in [0.1, 0.15) is 10.4 Å². The predicted molar refractivity (Wildman–Crippen MR) is 100 cm³/mol. The summed E-state index contributed by atoms with van der Waals surface area (Å²) >= 11 is 0. The molecule has 1 N–H and O–H groups in total. The summed E-state index contributed by atoms with van der Waals surface area (Å²) in [6.07, 6.45) is 1.33. The highest BCUT2D eigenvalue weighted by atomic mass is 16.5. The maximum Gasteiger partial charge on any atom is 0.339 e. The van der Waals surface area contributed by atoms with Crippen LogP contribution in [0.4, 0.5) is 5.69 Å². The Morgan fingerprint density at radius 2 is 1.78 bits per heavy atom. The van der Waals surface area contributed by atoms with Crippen LogP contribution in [-0.4, -0.2) is 28.5 Å². The molecule has 0 fully saturated rings. The summed E-state index contributed by atoms with van der Waals surface area (Å²) in [5.41, 5.74) is 1.56. The number of hydrogen-bond acceptors (Lipinski definition) is 5. The summed E-state index contributed by atoms with van der Waals surface area (Å²) in [5, 5.41) is 2.62. The van der Waals surface area contributed by atoms with E-state index >= 15 is 0 Å². The van der Waals surface area contributed by atoms with Crippen molar-refractivity contribution >= 4 is 17.6 Å². The van der Waals surface area contributed by atoms with Gasteiger partial charge in [0.1, 0.15) is 6.54 Å². The lowest BCUT2D eigenvalue weighted by molar-refractivity contribution is -0.116. The molecule has 1 aromatic heterocycles. The molecule has 3 rings (SSSR count). The highest BCUT2D eigenvalue weighted by Crippen LogP contribution is 2.16. The zero-order valence-corrected chi connectivity index (χ0v) is 14.6. The van der Waals surface area contributed by atoms with Gasteiger partial charge < -0.3 is 10.1 Å². The van der Waals surface area contributed by atoms with Gasteiger partial charge in [0.2, 0.25) is 5.91 Å². The van der Waals surface area contributed by atoms with Gasteiger partial charge in [0, 0.05) is 11.6 Å². The van der Waals surface area contributed by atoms with Crippen molar-refractivity contribution in [2.45, 2.75) is 6.54 Å². The second-order valence-corrected chi connectivity index (χ2v) is 5.69. The first kappa shape index (κ1) is 18.1. The normalized spacial score (nSPS) is 10.3. The number of amides is 1. The summed E-state index contributed by atoms with van der Waals surface area (Å²) < 4.78 is 5.89. The van der Waals surface area contributed by atoms with Gasteiger partial charge in [-0.2, -0.15) is 0 Å². The molecule has 0 spiro atoms. The Bertz CT molecular complexity index is 1030. The summed E-state index contributed by atoms with van der Waals surface area (Å²) in [4.78, 5) is 40.6. The minimum atomic E-state index is -0.558. The molecule has 27 heavy (non-hydrogen) atoms. The van der Waals surface area contributed by atoms with Gasteiger partial charge in [-0.05, 0) is 12.1 Å². The lowest BCUT2D eigenvalue weighted by Crippen LogP contribution is -2.28. The fourth-order valence-electron chi connectivity index (χ4n) is 2.54. The van der Waals surface area contributed by atoms with Crippen LogP contribution in [0.5, 0.6) is 0 Å². The number of para-hydroxylation sites is 1. The van der Waals surface area contributed by atoms with Crippen molar-refractivity contribution in [1.29, 1.82) is 0 Å². The van der Waals surface area contributed by atoms with Crippen molar-refractivity contribution in [2.75, 3.05) is 12.4 Å². The Kier molecular flexibility index (Phi) is 5.41. The van der Waals surface area contributed by atoms with Crippen molar-refractivity contribution in [1.82, 2.24) is 9.55 Å². The Balaban J connectivity index is 1.76. The number of nitrogens with one attached hydrogen (secondary N) is 1. The molecule has 0 bridgehead atoms. The fraction of sp³-hybridized carbons (Fsp3) is 0.100. The van der Waals surface area contributed by atoms with Crippen LogP contribution in [0.2, 0.25) is 0 Å². The van der Waals surface area contributed by atoms with Gasteiger partial charge in [-0.15, -0.1) is 0 Å². The highest BCUT2D eigenvalue weighted by molar-refractivity contribution is 6.01. The molecule has 0 unspecified atom stereocenters. The third-order valence-corrected chi connectivity index (χ3v) is 3.87. The van der Waals surface area contributed by atoms with Crippen molar-refractivity contribution in [2.24, 2.45) is 0 Å². The number of nitrogens with zero attached hydrogens (tertiary/aromatic N) is 2. The SMILES string of the molecule is COC(=O)c1ccccc1NC(=O)Cn1cnc(-c2ccccc2)cc1=O. The largest absolute Gasteiger partial charge is 0.465 e. The highest BCUT2D eigenvalue weighted by Gasteiger charge is 2.14. The lowest BCUT2D eigenvalue weighted by Gasteiger charge is -2.10. The fourth-order valence-corrected chi connectivity index (χ4v) is 2.54. The number of anilines is 1. The number of methoxy groups -OCH3 is 1. The summed E-state index contributed by atoms with van der Waals surface area (Å²) in [6.45, 7) is -0.226. The molecule has 0 aliphatic heterocycles. The van der Waals surface area contributed by atoms with E-state index in [2.05, 4.69) is 10.3 Å². The molecule has 0 aliphatic rings. The molecule has 7 nitrogen and oxygen atoms in total. The number of benzene rings is 2. The van der Waals surface area contributed by atoms with Crippen LogP contribution in [0.3, 0.4) is 0 Å². The van der Waals surface area contributed by atoms with E-state index in [4.69, 9.17) is 4.74 Å². The van der Waals surface area contributed by atoms with E-state index in [0.717, 1.165) is 5.56 Å². The molecule has 0 saturated carbocycles. The van der Waals surface area contributed by atoms with Crippen molar-refractivity contribution in [3.8, 4) is 11.3 Å². The minimum Gasteiger partial charge on any atom is -0.465 e. The van der Waals surface area contributed by atoms with Gasteiger partial charge in [0.05, 0.1) is 30.4 Å². The Morgan fingerprint density at radius 1 is 1.07 bits per heavy atom. The zero-order chi connectivity index (χ0) is 19.2. The van der Waals surface area contributed by atoms with Crippen molar-refractivity contribution in [3.63, 3.8) is 0 Å². The van der Waals surface area contributed by atoms with Gasteiger partial charge in [-0.3, -0.25) is 14.2 Å². The number of rotatable bonds is 5. The van der Waals surface area contributed by atoms with Crippen LogP contribution in [0.25, 0.3) is 11.3 Å². The van der Waals surface area contributed by atoms with Gasteiger partial charge >= 0.3 is 5.97 Å². The van der Waals surface area contributed by atoms with E-state index < -0.39 is 11.9 Å². The molecule has 0 radical (unpaired) electrons. The molecular formula is C20H17N3O4. The minimum absolute atomic E-state index is 0.226. The van der Waals surface area contributed by atoms with E-state index in [1.807, 2.05) is 30.3 Å². The van der Waals surface area contributed by atoms with Gasteiger partial charge in [0.25, 0.3) is 5.56 Å². The molecular weight excluding hydrogens is 346 g/mol. The number of carbonyl (C=O) groups excluding carboxylic acids is 2.